The highest BCUT2D eigenvalue weighted by molar-refractivity contribution is 5.89. The van der Waals surface area contributed by atoms with E-state index in [9.17, 15) is 19.8 Å². The van der Waals surface area contributed by atoms with Crippen molar-refractivity contribution in [2.24, 2.45) is 0 Å². The number of ether oxygens (including phenoxy) is 1. The van der Waals surface area contributed by atoms with Crippen LogP contribution in [0.1, 0.15) is 122 Å². The van der Waals surface area contributed by atoms with Crippen LogP contribution in [0.15, 0.2) is 36.4 Å². The summed E-state index contributed by atoms with van der Waals surface area (Å²) in [6, 6.07) is 10.5. The van der Waals surface area contributed by atoms with E-state index < -0.39 is 11.9 Å². The number of benzene rings is 2. The second kappa shape index (κ2) is 14.5. The lowest BCUT2D eigenvalue weighted by molar-refractivity contribution is 0.0686. The van der Waals surface area contributed by atoms with Crippen LogP contribution < -0.4 is 4.74 Å². The van der Waals surface area contributed by atoms with Gasteiger partial charge in [-0.05, 0) is 115 Å². The van der Waals surface area contributed by atoms with Crippen molar-refractivity contribution in [3.63, 3.8) is 0 Å². The van der Waals surface area contributed by atoms with Crippen molar-refractivity contribution < 1.29 is 24.5 Å². The van der Waals surface area contributed by atoms with Crippen molar-refractivity contribution in [3.05, 3.63) is 58.7 Å². The van der Waals surface area contributed by atoms with Crippen LogP contribution in [0.5, 0.6) is 11.5 Å². The van der Waals surface area contributed by atoms with E-state index in [1.807, 2.05) is 12.1 Å². The van der Waals surface area contributed by atoms with Crippen molar-refractivity contribution in [3.8, 4) is 11.5 Å². The summed E-state index contributed by atoms with van der Waals surface area (Å²) in [5.74, 6) is -0.891. The molecule has 3 aliphatic heterocycles. The summed E-state index contributed by atoms with van der Waals surface area (Å²) < 4.78 is 6.29. The third-order valence-electron chi connectivity index (χ3n) is 9.76. The lowest BCUT2D eigenvalue weighted by Gasteiger charge is -2.41. The van der Waals surface area contributed by atoms with Gasteiger partial charge in [-0.1, -0.05) is 50.7 Å². The van der Waals surface area contributed by atoms with Gasteiger partial charge in [-0.2, -0.15) is 0 Å². The SMILES string of the molecule is O=C(O)c1ccc2c(c1)Oc1cc(C(=O)O)ccc1C2(CCCCCN1CCCCC1)CCCCCN1CCCCC1. The molecule has 0 radical (unpaired) electrons. The van der Waals surface area contributed by atoms with Crippen LogP contribution in [0.2, 0.25) is 0 Å². The van der Waals surface area contributed by atoms with E-state index in [2.05, 4.69) is 9.80 Å². The Kier molecular flexibility index (Phi) is 10.6. The summed E-state index contributed by atoms with van der Waals surface area (Å²) in [7, 11) is 0. The standard InChI is InChI=1S/C35H48N2O5/c38-33(39)27-13-15-29-31(25-27)42-32-26-28(34(40)41)14-16-30(32)35(29,17-5-1-7-19-36-21-9-3-10-22-36)18-6-2-8-20-37-23-11-4-12-24-37/h13-16,25-26H,1-12,17-24H2,(H,38,39)(H,40,41). The molecule has 2 aromatic carbocycles. The fourth-order valence-corrected chi connectivity index (χ4v) is 7.44. The fourth-order valence-electron chi connectivity index (χ4n) is 7.44. The summed E-state index contributed by atoms with van der Waals surface area (Å²) in [5, 5.41) is 19.4. The number of aromatic carboxylic acids is 2. The molecule has 0 spiro atoms. The Morgan fingerprint density at radius 2 is 1.05 bits per heavy atom. The molecule has 0 aliphatic carbocycles. The molecular weight excluding hydrogens is 528 g/mol. The maximum atomic E-state index is 11.8. The van der Waals surface area contributed by atoms with Gasteiger partial charge in [0.2, 0.25) is 0 Å². The zero-order valence-electron chi connectivity index (χ0n) is 25.1. The van der Waals surface area contributed by atoms with Gasteiger partial charge in [0.25, 0.3) is 0 Å². The van der Waals surface area contributed by atoms with E-state index in [1.54, 1.807) is 24.3 Å². The number of hydrogen-bond acceptors (Lipinski definition) is 5. The Morgan fingerprint density at radius 3 is 1.45 bits per heavy atom. The van der Waals surface area contributed by atoms with Crippen molar-refractivity contribution in [1.29, 1.82) is 0 Å². The first kappa shape index (κ1) is 30.6. The molecule has 0 aromatic heterocycles. The van der Waals surface area contributed by atoms with Crippen LogP contribution in [0.25, 0.3) is 0 Å². The van der Waals surface area contributed by atoms with Gasteiger partial charge in [0.1, 0.15) is 11.5 Å². The quantitative estimate of drug-likeness (QED) is 0.224. The molecule has 3 heterocycles. The number of likely N-dealkylation sites (tertiary alicyclic amines) is 2. The Bertz CT molecular complexity index is 1120. The average Bonchev–Trinajstić information content (AvgIpc) is 3.01. The Balaban J connectivity index is 1.37. The number of rotatable bonds is 14. The number of carboxylic acids is 2. The molecule has 0 unspecified atom stereocenters. The largest absolute Gasteiger partial charge is 0.478 e. The molecule has 2 saturated heterocycles. The number of unbranched alkanes of at least 4 members (excludes halogenated alkanes) is 4. The van der Waals surface area contributed by atoms with Crippen molar-refractivity contribution in [1.82, 2.24) is 9.80 Å². The first-order chi connectivity index (χ1) is 20.5. The number of fused-ring (bicyclic) bond motifs is 2. The van der Waals surface area contributed by atoms with Crippen LogP contribution in [0.3, 0.4) is 0 Å². The minimum absolute atomic E-state index is 0.184. The van der Waals surface area contributed by atoms with E-state index >= 15 is 0 Å². The molecule has 0 saturated carbocycles. The van der Waals surface area contributed by atoms with Crippen molar-refractivity contribution in [2.75, 3.05) is 39.3 Å². The number of carboxylic acid groups (broad SMARTS) is 2. The summed E-state index contributed by atoms with van der Waals surface area (Å²) in [6.07, 6.45) is 16.6. The monoisotopic (exact) mass is 576 g/mol. The Labute approximate surface area is 250 Å². The lowest BCUT2D eigenvalue weighted by atomic mass is 9.66. The van der Waals surface area contributed by atoms with E-state index in [1.165, 1.54) is 77.5 Å². The van der Waals surface area contributed by atoms with Gasteiger partial charge < -0.3 is 24.7 Å². The van der Waals surface area contributed by atoms with Gasteiger partial charge >= 0.3 is 11.9 Å². The van der Waals surface area contributed by atoms with Crippen molar-refractivity contribution in [2.45, 2.75) is 95.3 Å². The van der Waals surface area contributed by atoms with Crippen LogP contribution in [-0.4, -0.2) is 71.2 Å². The van der Waals surface area contributed by atoms with E-state index in [0.29, 0.717) is 11.5 Å². The lowest BCUT2D eigenvalue weighted by Crippen LogP contribution is -2.33. The predicted molar refractivity (Wildman–Crippen MR) is 165 cm³/mol. The maximum absolute atomic E-state index is 11.8. The number of carbonyl (C=O) groups is 2. The number of hydrogen-bond donors (Lipinski definition) is 2. The van der Waals surface area contributed by atoms with Gasteiger partial charge in [-0.15, -0.1) is 0 Å². The normalized spacial score (nSPS) is 18.6. The van der Waals surface area contributed by atoms with Crippen LogP contribution in [-0.2, 0) is 5.41 Å². The highest BCUT2D eigenvalue weighted by Crippen LogP contribution is 2.53. The van der Waals surface area contributed by atoms with E-state index in [-0.39, 0.29) is 16.5 Å². The second-order valence-electron chi connectivity index (χ2n) is 12.6. The second-order valence-corrected chi connectivity index (χ2v) is 12.6. The highest BCUT2D eigenvalue weighted by atomic mass is 16.5. The first-order valence-electron chi connectivity index (χ1n) is 16.3. The van der Waals surface area contributed by atoms with E-state index in [0.717, 1.165) is 62.7 Å². The van der Waals surface area contributed by atoms with Gasteiger partial charge in [0.05, 0.1) is 11.1 Å². The van der Waals surface area contributed by atoms with Gasteiger partial charge in [0, 0.05) is 16.5 Å². The zero-order valence-corrected chi connectivity index (χ0v) is 25.1. The maximum Gasteiger partial charge on any atom is 0.335 e. The molecule has 5 rings (SSSR count). The van der Waals surface area contributed by atoms with Crippen LogP contribution >= 0.6 is 0 Å². The van der Waals surface area contributed by atoms with Gasteiger partial charge in [-0.25, -0.2) is 9.59 Å². The molecular formula is C35H48N2O5. The third-order valence-corrected chi connectivity index (χ3v) is 9.76. The molecule has 2 aromatic rings. The molecule has 0 amide bonds. The molecule has 0 bridgehead atoms. The van der Waals surface area contributed by atoms with Gasteiger partial charge in [-0.3, -0.25) is 0 Å². The summed E-state index contributed by atoms with van der Waals surface area (Å²) in [6.45, 7) is 7.19. The fraction of sp³-hybridized carbons (Fsp3) is 0.600. The topological polar surface area (TPSA) is 90.3 Å². The van der Waals surface area contributed by atoms with Crippen LogP contribution in [0.4, 0.5) is 0 Å². The number of piperidine rings is 2. The zero-order chi connectivity index (χ0) is 29.4. The Morgan fingerprint density at radius 1 is 0.619 bits per heavy atom. The van der Waals surface area contributed by atoms with Crippen LogP contribution in [0, 0.1) is 0 Å². The molecule has 7 heteroatoms. The third kappa shape index (κ3) is 7.35. The molecule has 228 valence electrons. The first-order valence-corrected chi connectivity index (χ1v) is 16.3. The smallest absolute Gasteiger partial charge is 0.335 e. The van der Waals surface area contributed by atoms with E-state index in [4.69, 9.17) is 4.74 Å². The minimum atomic E-state index is -0.993. The summed E-state index contributed by atoms with van der Waals surface area (Å²) in [4.78, 5) is 28.9. The van der Waals surface area contributed by atoms with Gasteiger partial charge in [0.15, 0.2) is 0 Å². The average molecular weight is 577 g/mol. The molecule has 0 atom stereocenters. The number of nitrogens with zero attached hydrogens (tertiary/aromatic N) is 2. The molecule has 3 aliphatic rings. The molecule has 7 nitrogen and oxygen atoms in total. The highest BCUT2D eigenvalue weighted by Gasteiger charge is 2.42. The predicted octanol–water partition coefficient (Wildman–Crippen LogP) is 7.57. The Hall–Kier alpha value is -2.90. The van der Waals surface area contributed by atoms with Crippen molar-refractivity contribution >= 4 is 11.9 Å². The minimum Gasteiger partial charge on any atom is -0.478 e. The molecule has 2 N–H and O–H groups in total. The molecule has 42 heavy (non-hydrogen) atoms. The molecule has 2 fully saturated rings. The summed E-state index contributed by atoms with van der Waals surface area (Å²) >= 11 is 0. The summed E-state index contributed by atoms with van der Waals surface area (Å²) in [5.41, 5.74) is 2.10.